The summed E-state index contributed by atoms with van der Waals surface area (Å²) >= 11 is 0. The predicted octanol–water partition coefficient (Wildman–Crippen LogP) is 3.22. The zero-order chi connectivity index (χ0) is 20.9. The fourth-order valence-corrected chi connectivity index (χ4v) is 4.36. The van der Waals surface area contributed by atoms with E-state index < -0.39 is 5.41 Å². The van der Waals surface area contributed by atoms with Crippen molar-refractivity contribution >= 4 is 17.0 Å². The van der Waals surface area contributed by atoms with Gasteiger partial charge in [0.05, 0.1) is 33.8 Å². The van der Waals surface area contributed by atoms with Gasteiger partial charge in [-0.25, -0.2) is 9.78 Å². The van der Waals surface area contributed by atoms with Crippen LogP contribution in [0.25, 0.3) is 11.0 Å². The molecule has 6 heteroatoms. The summed E-state index contributed by atoms with van der Waals surface area (Å²) in [4.78, 5) is 16.4. The van der Waals surface area contributed by atoms with Crippen LogP contribution < -0.4 is 0 Å². The Balaban J connectivity index is 1.56. The van der Waals surface area contributed by atoms with Crippen LogP contribution in [0.4, 0.5) is 0 Å². The topological polar surface area (TPSA) is 76.5 Å². The molecular weight excluding hydrogens is 374 g/mol. The van der Waals surface area contributed by atoms with Crippen molar-refractivity contribution in [3.63, 3.8) is 0 Å². The van der Waals surface area contributed by atoms with Crippen LogP contribution in [0.2, 0.25) is 0 Å². The number of benzene rings is 2. The van der Waals surface area contributed by atoms with Crippen LogP contribution in [-0.2, 0) is 30.7 Å². The van der Waals surface area contributed by atoms with Gasteiger partial charge in [0.1, 0.15) is 11.8 Å². The number of carbonyl (C=O) groups excluding carboxylic acids is 1. The monoisotopic (exact) mass is 393 g/mol. The van der Waals surface area contributed by atoms with Crippen molar-refractivity contribution < 1.29 is 4.79 Å². The average Bonchev–Trinajstić information content (AvgIpc) is 3.23. The first-order valence-corrected chi connectivity index (χ1v) is 9.74. The normalized spacial score (nSPS) is 17.7. The Labute approximate surface area is 173 Å². The van der Waals surface area contributed by atoms with Crippen LogP contribution in [0.3, 0.4) is 0 Å². The second-order valence-corrected chi connectivity index (χ2v) is 7.78. The minimum atomic E-state index is -0.452. The van der Waals surface area contributed by atoms with Crippen molar-refractivity contribution in [3.05, 3.63) is 88.5 Å². The molecule has 4 aromatic rings. The van der Waals surface area contributed by atoms with E-state index in [-0.39, 0.29) is 0 Å². The van der Waals surface area contributed by atoms with E-state index in [1.165, 1.54) is 0 Å². The maximum absolute atomic E-state index is 11.5. The molecule has 0 saturated heterocycles. The number of nitrogens with zero attached hydrogens (tertiary/aromatic N) is 5. The second-order valence-electron chi connectivity index (χ2n) is 7.78. The molecular formula is C24H19N5O. The molecule has 30 heavy (non-hydrogen) atoms. The molecule has 2 aromatic heterocycles. The zero-order valence-electron chi connectivity index (χ0n) is 16.8. The lowest BCUT2D eigenvalue weighted by molar-refractivity contribution is 0.567. The third-order valence-electron chi connectivity index (χ3n) is 6.13. The number of fused-ring (bicyclic) bond motifs is 1. The van der Waals surface area contributed by atoms with E-state index in [1.807, 2.05) is 49.1 Å². The molecule has 0 spiro atoms. The highest BCUT2D eigenvalue weighted by Gasteiger charge is 2.55. The van der Waals surface area contributed by atoms with E-state index >= 15 is 0 Å². The van der Waals surface area contributed by atoms with Gasteiger partial charge in [-0.05, 0) is 41.5 Å². The summed E-state index contributed by atoms with van der Waals surface area (Å²) in [5, 5.41) is 13.3. The zero-order valence-corrected chi connectivity index (χ0v) is 16.8. The van der Waals surface area contributed by atoms with Crippen LogP contribution in [0, 0.1) is 11.3 Å². The molecule has 0 amide bonds. The van der Waals surface area contributed by atoms with Gasteiger partial charge in [0.2, 0.25) is 0 Å². The van der Waals surface area contributed by atoms with Crippen molar-refractivity contribution in [1.29, 1.82) is 5.26 Å². The molecule has 1 saturated carbocycles. The lowest BCUT2D eigenvalue weighted by atomic mass is 9.91. The average molecular weight is 393 g/mol. The Morgan fingerprint density at radius 1 is 1.13 bits per heavy atom. The highest BCUT2D eigenvalue weighted by Crippen LogP contribution is 2.57. The van der Waals surface area contributed by atoms with Crippen LogP contribution in [-0.4, -0.2) is 25.3 Å². The Kier molecular flexibility index (Phi) is 3.95. The van der Waals surface area contributed by atoms with E-state index in [9.17, 15) is 4.79 Å². The van der Waals surface area contributed by atoms with E-state index in [0.29, 0.717) is 18.4 Å². The van der Waals surface area contributed by atoms with Crippen molar-refractivity contribution in [2.45, 2.75) is 18.3 Å². The Morgan fingerprint density at radius 3 is 2.57 bits per heavy atom. The minimum absolute atomic E-state index is 0.452. The third kappa shape index (κ3) is 2.61. The molecule has 146 valence electrons. The first-order chi connectivity index (χ1) is 14.6. The standard InChI is InChI=1S/C24H19N5O/c1-28-21-8-7-18(24(13-19(24)15-30)22-9-10-26-29(22)2)12-20(21)27-23(28)11-16-3-5-17(14-25)6-4-16/h3-10,12H,11,13H2,1-2H3. The summed E-state index contributed by atoms with van der Waals surface area (Å²) < 4.78 is 3.92. The van der Waals surface area contributed by atoms with Gasteiger partial charge in [0.15, 0.2) is 0 Å². The van der Waals surface area contributed by atoms with E-state index in [0.717, 1.165) is 39.3 Å². The predicted molar refractivity (Wildman–Crippen MR) is 112 cm³/mol. The number of allylic oxidation sites excluding steroid dienone is 1. The lowest BCUT2D eigenvalue weighted by Crippen LogP contribution is -2.15. The van der Waals surface area contributed by atoms with Gasteiger partial charge in [-0.2, -0.15) is 10.4 Å². The maximum atomic E-state index is 11.5. The molecule has 1 aliphatic rings. The van der Waals surface area contributed by atoms with Gasteiger partial charge in [-0.3, -0.25) is 4.68 Å². The van der Waals surface area contributed by atoms with Crippen molar-refractivity contribution in [3.8, 4) is 6.07 Å². The number of imidazole rings is 1. The van der Waals surface area contributed by atoms with Gasteiger partial charge < -0.3 is 4.57 Å². The highest BCUT2D eigenvalue weighted by molar-refractivity contribution is 5.81. The maximum Gasteiger partial charge on any atom is 0.124 e. The van der Waals surface area contributed by atoms with E-state index in [4.69, 9.17) is 10.2 Å². The van der Waals surface area contributed by atoms with Crippen LogP contribution in [0.1, 0.15) is 34.6 Å². The molecule has 0 radical (unpaired) electrons. The molecule has 1 unspecified atom stereocenters. The molecule has 2 heterocycles. The first kappa shape index (κ1) is 18.1. The van der Waals surface area contributed by atoms with Crippen LogP contribution >= 0.6 is 0 Å². The van der Waals surface area contributed by atoms with Gasteiger partial charge in [-0.1, -0.05) is 18.2 Å². The quantitative estimate of drug-likeness (QED) is 0.499. The van der Waals surface area contributed by atoms with E-state index in [2.05, 4.69) is 39.9 Å². The van der Waals surface area contributed by atoms with Crippen molar-refractivity contribution in [2.24, 2.45) is 14.1 Å². The van der Waals surface area contributed by atoms with Crippen LogP contribution in [0.5, 0.6) is 0 Å². The summed E-state index contributed by atoms with van der Waals surface area (Å²) in [5.74, 6) is 3.08. The molecule has 0 aliphatic heterocycles. The summed E-state index contributed by atoms with van der Waals surface area (Å²) in [6.45, 7) is 0. The van der Waals surface area contributed by atoms with Gasteiger partial charge in [-0.15, -0.1) is 0 Å². The number of aromatic nitrogens is 4. The highest BCUT2D eigenvalue weighted by atomic mass is 16.1. The lowest BCUT2D eigenvalue weighted by Gasteiger charge is -2.15. The Bertz CT molecular complexity index is 1380. The fourth-order valence-electron chi connectivity index (χ4n) is 4.36. The molecule has 0 bridgehead atoms. The largest absolute Gasteiger partial charge is 0.331 e. The van der Waals surface area contributed by atoms with Gasteiger partial charge >= 0.3 is 0 Å². The number of nitriles is 1. The molecule has 1 aliphatic carbocycles. The Morgan fingerprint density at radius 2 is 1.93 bits per heavy atom. The molecule has 2 aromatic carbocycles. The van der Waals surface area contributed by atoms with Gasteiger partial charge in [0.25, 0.3) is 0 Å². The summed E-state index contributed by atoms with van der Waals surface area (Å²) in [7, 11) is 3.91. The number of rotatable bonds is 4. The van der Waals surface area contributed by atoms with E-state index in [1.54, 1.807) is 6.20 Å². The number of hydrogen-bond donors (Lipinski definition) is 0. The van der Waals surface area contributed by atoms with Crippen LogP contribution in [0.15, 0.2) is 60.3 Å². The third-order valence-corrected chi connectivity index (χ3v) is 6.13. The molecule has 0 N–H and O–H groups in total. The smallest absolute Gasteiger partial charge is 0.124 e. The second kappa shape index (κ2) is 6.55. The molecule has 5 rings (SSSR count). The molecule has 1 atom stereocenters. The summed E-state index contributed by atoms with van der Waals surface area (Å²) in [6, 6.07) is 17.9. The SMILES string of the molecule is Cn1nccc1C1(c2ccc3c(c2)nc(Cc2ccc(C#N)cc2)n3C)CC1=C=O. The summed E-state index contributed by atoms with van der Waals surface area (Å²) in [6.07, 6.45) is 3.10. The minimum Gasteiger partial charge on any atom is -0.331 e. The van der Waals surface area contributed by atoms with Crippen molar-refractivity contribution in [1.82, 2.24) is 19.3 Å². The summed E-state index contributed by atoms with van der Waals surface area (Å²) in [5.41, 5.74) is 6.03. The first-order valence-electron chi connectivity index (χ1n) is 9.74. The fraction of sp³-hybridized carbons (Fsp3) is 0.208. The van der Waals surface area contributed by atoms with Crippen molar-refractivity contribution in [2.75, 3.05) is 0 Å². The molecule has 6 nitrogen and oxygen atoms in total. The Hall–Kier alpha value is -3.94. The molecule has 1 fully saturated rings. The van der Waals surface area contributed by atoms with Gasteiger partial charge in [0, 0.05) is 38.7 Å². The number of aryl methyl sites for hydroxylation is 2. The number of hydrogen-bond acceptors (Lipinski definition) is 4.